The Labute approximate surface area is 217 Å². The number of anilines is 1. The number of aryl methyl sites for hydroxylation is 1. The van der Waals surface area contributed by atoms with Crippen LogP contribution in [0.15, 0.2) is 42.7 Å². The molecule has 2 aliphatic heterocycles. The number of nitrogens with one attached hydrogen (secondary N) is 1. The van der Waals surface area contributed by atoms with Gasteiger partial charge in [-0.25, -0.2) is 4.98 Å². The molecule has 4 heterocycles. The van der Waals surface area contributed by atoms with Crippen molar-refractivity contribution in [2.75, 3.05) is 38.2 Å². The van der Waals surface area contributed by atoms with Gasteiger partial charge in [0.05, 0.1) is 25.9 Å². The van der Waals surface area contributed by atoms with Gasteiger partial charge in [0.15, 0.2) is 0 Å². The van der Waals surface area contributed by atoms with E-state index in [1.54, 1.807) is 6.33 Å². The Kier molecular flexibility index (Phi) is 6.52. The maximum Gasteiger partial charge on any atom is 0.274 e. The first-order valence-electron chi connectivity index (χ1n) is 13.1. The van der Waals surface area contributed by atoms with Crippen LogP contribution in [-0.2, 0) is 34.9 Å². The van der Waals surface area contributed by atoms with Gasteiger partial charge in [-0.15, -0.1) is 10.2 Å². The summed E-state index contributed by atoms with van der Waals surface area (Å²) in [5.41, 5.74) is 4.36. The molecular formula is C28H34N6O3. The molecule has 2 saturated heterocycles. The third-order valence-electron chi connectivity index (χ3n) is 7.66. The number of amides is 1. The average Bonchev–Trinajstić information content (AvgIpc) is 3.64. The topological polar surface area (TPSA) is 94.4 Å². The van der Waals surface area contributed by atoms with Crippen molar-refractivity contribution in [3.8, 4) is 0 Å². The van der Waals surface area contributed by atoms with Crippen LogP contribution >= 0.6 is 0 Å². The van der Waals surface area contributed by atoms with Gasteiger partial charge in [-0.05, 0) is 55.2 Å². The van der Waals surface area contributed by atoms with Crippen LogP contribution in [0.2, 0.25) is 0 Å². The third-order valence-corrected chi connectivity index (χ3v) is 7.66. The highest BCUT2D eigenvalue weighted by Gasteiger charge is 2.41. The molecule has 1 atom stereocenters. The van der Waals surface area contributed by atoms with E-state index < -0.39 is 0 Å². The van der Waals surface area contributed by atoms with Crippen molar-refractivity contribution in [3.05, 3.63) is 71.1 Å². The summed E-state index contributed by atoms with van der Waals surface area (Å²) >= 11 is 0. The molecule has 0 bridgehead atoms. The van der Waals surface area contributed by atoms with Crippen LogP contribution in [0.25, 0.3) is 0 Å². The lowest BCUT2D eigenvalue weighted by Gasteiger charge is -2.41. The minimum Gasteiger partial charge on any atom is -0.379 e. The highest BCUT2D eigenvalue weighted by molar-refractivity contribution is 6.03. The second kappa shape index (κ2) is 9.96. The van der Waals surface area contributed by atoms with Crippen LogP contribution in [0, 0.1) is 0 Å². The molecule has 194 valence electrons. The van der Waals surface area contributed by atoms with Gasteiger partial charge in [0.2, 0.25) is 0 Å². The van der Waals surface area contributed by atoms with Crippen molar-refractivity contribution in [1.29, 1.82) is 0 Å². The summed E-state index contributed by atoms with van der Waals surface area (Å²) in [6.07, 6.45) is 4.96. The Morgan fingerprint density at radius 1 is 1.22 bits per heavy atom. The van der Waals surface area contributed by atoms with Gasteiger partial charge in [0.1, 0.15) is 17.8 Å². The van der Waals surface area contributed by atoms with E-state index in [2.05, 4.69) is 45.5 Å². The number of aromatic nitrogens is 4. The average molecular weight is 503 g/mol. The predicted octanol–water partition coefficient (Wildman–Crippen LogP) is 3.07. The molecule has 0 unspecified atom stereocenters. The molecule has 9 heteroatoms. The van der Waals surface area contributed by atoms with E-state index in [9.17, 15) is 4.79 Å². The monoisotopic (exact) mass is 502 g/mol. The number of ether oxygens (including phenoxy) is 2. The predicted molar refractivity (Wildman–Crippen MR) is 139 cm³/mol. The Balaban J connectivity index is 1.21. The molecule has 0 spiro atoms. The summed E-state index contributed by atoms with van der Waals surface area (Å²) in [6, 6.07) is 12.2. The highest BCUT2D eigenvalue weighted by Crippen LogP contribution is 2.40. The molecule has 1 N–H and O–H groups in total. The maximum absolute atomic E-state index is 13.4. The van der Waals surface area contributed by atoms with Crippen LogP contribution in [-0.4, -0.2) is 69.6 Å². The zero-order valence-electron chi connectivity index (χ0n) is 21.5. The number of rotatable bonds is 8. The van der Waals surface area contributed by atoms with Gasteiger partial charge in [-0.1, -0.05) is 12.1 Å². The molecule has 3 aliphatic rings. The Morgan fingerprint density at radius 3 is 2.78 bits per heavy atom. The molecule has 9 nitrogen and oxygen atoms in total. The molecule has 1 aromatic carbocycles. The molecule has 2 aromatic heterocycles. The summed E-state index contributed by atoms with van der Waals surface area (Å²) in [6.45, 7) is 6.69. The maximum atomic E-state index is 13.4. The summed E-state index contributed by atoms with van der Waals surface area (Å²) in [5, 5.41) is 11.4. The van der Waals surface area contributed by atoms with Crippen molar-refractivity contribution in [3.63, 3.8) is 0 Å². The summed E-state index contributed by atoms with van der Waals surface area (Å²) in [7, 11) is 1.95. The first-order valence-corrected chi connectivity index (χ1v) is 13.1. The lowest BCUT2D eigenvalue weighted by molar-refractivity contribution is -0.0610. The van der Waals surface area contributed by atoms with Crippen molar-refractivity contribution >= 4 is 11.6 Å². The van der Waals surface area contributed by atoms with Crippen molar-refractivity contribution < 1.29 is 14.3 Å². The number of benzene rings is 1. The molecule has 3 aromatic rings. The zero-order valence-corrected chi connectivity index (χ0v) is 21.5. The van der Waals surface area contributed by atoms with Crippen LogP contribution in [0.3, 0.4) is 0 Å². The summed E-state index contributed by atoms with van der Waals surface area (Å²) in [4.78, 5) is 20.6. The van der Waals surface area contributed by atoms with E-state index in [0.717, 1.165) is 73.8 Å². The number of hydrogen-bond acceptors (Lipinski definition) is 7. The Hall–Kier alpha value is -3.14. The zero-order chi connectivity index (χ0) is 25.4. The minimum absolute atomic E-state index is 0.172. The fourth-order valence-corrected chi connectivity index (χ4v) is 5.31. The largest absolute Gasteiger partial charge is 0.379 e. The van der Waals surface area contributed by atoms with E-state index in [4.69, 9.17) is 14.5 Å². The van der Waals surface area contributed by atoms with Gasteiger partial charge < -0.3 is 19.4 Å². The van der Waals surface area contributed by atoms with E-state index in [1.165, 1.54) is 0 Å². The fraction of sp³-hybridized carbons (Fsp3) is 0.500. The number of carbonyl (C=O) groups excluding carboxylic acids is 1. The molecule has 1 aliphatic carbocycles. The summed E-state index contributed by atoms with van der Waals surface area (Å²) in [5.74, 6) is 1.21. The third kappa shape index (κ3) is 5.30. The lowest BCUT2D eigenvalue weighted by atomic mass is 9.75. The van der Waals surface area contributed by atoms with Gasteiger partial charge in [-0.2, -0.15) is 0 Å². The van der Waals surface area contributed by atoms with E-state index >= 15 is 0 Å². The second-order valence-electron chi connectivity index (χ2n) is 10.8. The molecule has 1 saturated carbocycles. The highest BCUT2D eigenvalue weighted by atomic mass is 16.5. The molecular weight excluding hydrogens is 468 g/mol. The summed E-state index contributed by atoms with van der Waals surface area (Å²) < 4.78 is 13.3. The molecule has 6 rings (SSSR count). The van der Waals surface area contributed by atoms with E-state index in [1.807, 2.05) is 29.8 Å². The SMILES string of the molecule is C[C@@H]1CN(Cc2cc(C(=O)Nc3cccc(C4(Cc5nncn5C)COC4)c3)nc(C3CC3)c2)CCO1. The lowest BCUT2D eigenvalue weighted by Crippen LogP contribution is -2.49. The minimum atomic E-state index is -0.177. The molecule has 37 heavy (non-hydrogen) atoms. The standard InChI is InChI=1S/C28H34N6O3/c1-19-14-34(8-9-37-19)15-20-10-24(21-6-7-21)31-25(11-20)27(35)30-23-5-3-4-22(12-23)28(16-36-17-28)13-26-32-29-18-33(26)2/h3-5,10-12,18-19,21H,6-9,13-17H2,1-2H3,(H,30,35)/t19-/m1/s1. The van der Waals surface area contributed by atoms with Crippen LogP contribution in [0.5, 0.6) is 0 Å². The van der Waals surface area contributed by atoms with Crippen molar-refractivity contribution in [2.24, 2.45) is 7.05 Å². The van der Waals surface area contributed by atoms with Crippen molar-refractivity contribution in [2.45, 2.75) is 50.2 Å². The smallest absolute Gasteiger partial charge is 0.274 e. The van der Waals surface area contributed by atoms with Gasteiger partial charge in [0, 0.05) is 55.8 Å². The van der Waals surface area contributed by atoms with Crippen LogP contribution in [0.4, 0.5) is 5.69 Å². The van der Waals surface area contributed by atoms with Gasteiger partial charge in [-0.3, -0.25) is 9.69 Å². The number of pyridine rings is 1. The first-order chi connectivity index (χ1) is 18.0. The van der Waals surface area contributed by atoms with E-state index in [0.29, 0.717) is 24.8 Å². The fourth-order valence-electron chi connectivity index (χ4n) is 5.31. The molecule has 3 fully saturated rings. The molecule has 1 amide bonds. The van der Waals surface area contributed by atoms with Crippen LogP contribution < -0.4 is 5.32 Å². The Morgan fingerprint density at radius 2 is 2.08 bits per heavy atom. The quantitative estimate of drug-likeness (QED) is 0.506. The Bertz CT molecular complexity index is 1280. The second-order valence-corrected chi connectivity index (χ2v) is 10.8. The number of carbonyl (C=O) groups is 1. The normalized spacial score (nSPS) is 21.4. The molecule has 0 radical (unpaired) electrons. The first kappa shape index (κ1) is 24.2. The van der Waals surface area contributed by atoms with Gasteiger partial charge >= 0.3 is 0 Å². The van der Waals surface area contributed by atoms with Gasteiger partial charge in [0.25, 0.3) is 5.91 Å². The number of hydrogen-bond donors (Lipinski definition) is 1. The van der Waals surface area contributed by atoms with E-state index in [-0.39, 0.29) is 17.4 Å². The number of nitrogens with zero attached hydrogens (tertiary/aromatic N) is 5. The van der Waals surface area contributed by atoms with Crippen molar-refractivity contribution in [1.82, 2.24) is 24.6 Å². The van der Waals surface area contributed by atoms with Crippen LogP contribution in [0.1, 0.15) is 58.8 Å². The number of morpholine rings is 1.